The molecular formula is C12H13NO9. The van der Waals surface area contributed by atoms with Crippen molar-refractivity contribution in [1.29, 1.82) is 0 Å². The molecule has 0 spiro atoms. The molecule has 10 heteroatoms. The molecule has 4 atom stereocenters. The molecule has 0 amide bonds. The molecule has 0 heterocycles. The quantitative estimate of drug-likeness (QED) is 0.223. The van der Waals surface area contributed by atoms with Gasteiger partial charge in [0.05, 0.1) is 4.92 Å². The van der Waals surface area contributed by atoms with Gasteiger partial charge in [-0.05, 0) is 12.1 Å². The lowest BCUT2D eigenvalue weighted by Gasteiger charge is -2.23. The summed E-state index contributed by atoms with van der Waals surface area (Å²) in [5.74, 6) is -2.94. The number of nitro groups is 1. The molecule has 0 saturated carbocycles. The fourth-order valence-corrected chi connectivity index (χ4v) is 1.59. The van der Waals surface area contributed by atoms with Crippen LogP contribution in [0.5, 0.6) is 0 Å². The highest BCUT2D eigenvalue weighted by Gasteiger charge is 2.37. The summed E-state index contributed by atoms with van der Waals surface area (Å²) in [6.07, 6.45) is -9.16. The second-order valence-corrected chi connectivity index (χ2v) is 4.38. The molecule has 1 aromatic rings. The highest BCUT2D eigenvalue weighted by molar-refractivity contribution is 6.00. The number of nitro benzene ring substituents is 1. The second-order valence-electron chi connectivity index (χ2n) is 4.38. The Morgan fingerprint density at radius 2 is 1.41 bits per heavy atom. The van der Waals surface area contributed by atoms with E-state index in [1.54, 1.807) is 0 Å². The van der Waals surface area contributed by atoms with E-state index in [9.17, 15) is 35.0 Å². The number of ketones is 1. The van der Waals surface area contributed by atoms with E-state index in [0.29, 0.717) is 0 Å². The molecule has 0 fully saturated rings. The maximum absolute atomic E-state index is 11.8. The highest BCUT2D eigenvalue weighted by Crippen LogP contribution is 2.15. The van der Waals surface area contributed by atoms with Gasteiger partial charge >= 0.3 is 5.97 Å². The number of aliphatic hydroxyl groups excluding tert-OH is 4. The molecule has 1 aromatic carbocycles. The number of nitrogens with zero attached hydrogens (tertiary/aromatic N) is 1. The monoisotopic (exact) mass is 315 g/mol. The van der Waals surface area contributed by atoms with Crippen LogP contribution in [0.25, 0.3) is 0 Å². The van der Waals surface area contributed by atoms with E-state index < -0.39 is 41.1 Å². The average Bonchev–Trinajstić information content (AvgIpc) is 2.51. The zero-order valence-electron chi connectivity index (χ0n) is 10.9. The van der Waals surface area contributed by atoms with Crippen molar-refractivity contribution in [2.24, 2.45) is 0 Å². The van der Waals surface area contributed by atoms with Gasteiger partial charge in [-0.25, -0.2) is 4.79 Å². The first-order valence-corrected chi connectivity index (χ1v) is 5.90. The molecule has 0 aliphatic carbocycles. The standard InChI is InChI=1S/C12H13NO9/c14-7(5-1-3-6(4-2-5)13(21)22)8(15)9(16)10(17)11(18)12(19)20/h1-4,8-11,15-18H,(H,19,20)/t8-,9+,10-,11-/m0/s1. The van der Waals surface area contributed by atoms with Crippen LogP contribution in [-0.4, -0.2) is 66.6 Å². The Bertz CT molecular complexity index is 570. The number of carboxylic acid groups (broad SMARTS) is 1. The number of aliphatic carboxylic acids is 1. The van der Waals surface area contributed by atoms with Crippen LogP contribution in [0.15, 0.2) is 24.3 Å². The summed E-state index contributed by atoms with van der Waals surface area (Å²) in [5, 5.41) is 56.5. The topological polar surface area (TPSA) is 178 Å². The van der Waals surface area contributed by atoms with E-state index in [0.717, 1.165) is 24.3 Å². The van der Waals surface area contributed by atoms with Crippen LogP contribution in [0.1, 0.15) is 10.4 Å². The zero-order valence-corrected chi connectivity index (χ0v) is 10.9. The minimum atomic E-state index is -2.39. The number of hydrogen-bond donors (Lipinski definition) is 5. The van der Waals surface area contributed by atoms with Gasteiger partial charge in [0.25, 0.3) is 5.69 Å². The molecule has 5 N–H and O–H groups in total. The van der Waals surface area contributed by atoms with Gasteiger partial charge in [0.15, 0.2) is 11.9 Å². The van der Waals surface area contributed by atoms with Gasteiger partial charge in [0.1, 0.15) is 18.3 Å². The predicted molar refractivity (Wildman–Crippen MR) is 69.1 cm³/mol. The van der Waals surface area contributed by atoms with Gasteiger partial charge in [-0.1, -0.05) is 0 Å². The first kappa shape index (κ1) is 17.7. The lowest BCUT2D eigenvalue weighted by atomic mass is 9.96. The molecule has 0 aromatic heterocycles. The van der Waals surface area contributed by atoms with Crippen LogP contribution in [0, 0.1) is 10.1 Å². The summed E-state index contributed by atoms with van der Waals surface area (Å²) < 4.78 is 0. The molecule has 0 bridgehead atoms. The molecule has 22 heavy (non-hydrogen) atoms. The van der Waals surface area contributed by atoms with Gasteiger partial charge < -0.3 is 25.5 Å². The van der Waals surface area contributed by atoms with Crippen LogP contribution in [0.3, 0.4) is 0 Å². The summed E-state index contributed by atoms with van der Waals surface area (Å²) in [7, 11) is 0. The Morgan fingerprint density at radius 3 is 1.82 bits per heavy atom. The number of carbonyl (C=O) groups is 2. The SMILES string of the molecule is O=C(O)[C@@H](O)[C@@H](O)[C@H](O)[C@@H](O)C(=O)c1ccc([N+](=O)[O-])cc1. The number of benzene rings is 1. The van der Waals surface area contributed by atoms with E-state index in [-0.39, 0.29) is 11.3 Å². The van der Waals surface area contributed by atoms with E-state index in [1.807, 2.05) is 0 Å². The van der Waals surface area contributed by atoms with E-state index in [2.05, 4.69) is 0 Å². The van der Waals surface area contributed by atoms with Gasteiger partial charge in [-0.3, -0.25) is 14.9 Å². The van der Waals surface area contributed by atoms with Crippen molar-refractivity contribution < 1.29 is 40.0 Å². The lowest BCUT2D eigenvalue weighted by molar-refractivity contribution is -0.384. The predicted octanol–water partition coefficient (Wildman–Crippen LogP) is -1.69. The number of rotatable bonds is 7. The van der Waals surface area contributed by atoms with Gasteiger partial charge in [-0.2, -0.15) is 0 Å². The normalized spacial score (nSPS) is 16.4. The van der Waals surface area contributed by atoms with Crippen molar-refractivity contribution in [3.05, 3.63) is 39.9 Å². The first-order valence-electron chi connectivity index (χ1n) is 5.90. The van der Waals surface area contributed by atoms with E-state index in [4.69, 9.17) is 10.2 Å². The Morgan fingerprint density at radius 1 is 0.955 bits per heavy atom. The van der Waals surface area contributed by atoms with Crippen LogP contribution in [0.2, 0.25) is 0 Å². The molecule has 0 aliphatic rings. The molecular weight excluding hydrogens is 302 g/mol. The fraction of sp³-hybridized carbons (Fsp3) is 0.333. The maximum Gasteiger partial charge on any atom is 0.335 e. The smallest absolute Gasteiger partial charge is 0.335 e. The van der Waals surface area contributed by atoms with Crippen LogP contribution < -0.4 is 0 Å². The van der Waals surface area contributed by atoms with Gasteiger partial charge in [0.2, 0.25) is 0 Å². The molecule has 1 rings (SSSR count). The van der Waals surface area contributed by atoms with Crippen molar-refractivity contribution in [3.63, 3.8) is 0 Å². The number of carboxylic acids is 1. The van der Waals surface area contributed by atoms with Gasteiger partial charge in [0, 0.05) is 17.7 Å². The number of Topliss-reactive ketones (excluding diaryl/α,β-unsaturated/α-hetero) is 1. The molecule has 0 aliphatic heterocycles. The van der Waals surface area contributed by atoms with Crippen molar-refractivity contribution in [3.8, 4) is 0 Å². The molecule has 0 unspecified atom stereocenters. The Balaban J connectivity index is 2.87. The van der Waals surface area contributed by atoms with Gasteiger partial charge in [-0.15, -0.1) is 0 Å². The highest BCUT2D eigenvalue weighted by atomic mass is 16.6. The summed E-state index contributed by atoms with van der Waals surface area (Å²) in [6.45, 7) is 0. The largest absolute Gasteiger partial charge is 0.479 e. The van der Waals surface area contributed by atoms with Crippen LogP contribution >= 0.6 is 0 Å². The molecule has 0 saturated heterocycles. The number of carbonyl (C=O) groups excluding carboxylic acids is 1. The number of aliphatic hydroxyl groups is 4. The maximum atomic E-state index is 11.8. The Kier molecular flexibility index (Phi) is 5.65. The zero-order chi connectivity index (χ0) is 17.0. The van der Waals surface area contributed by atoms with Crippen LogP contribution in [0.4, 0.5) is 5.69 Å². The Labute approximate surface area is 123 Å². The average molecular weight is 315 g/mol. The molecule has 120 valence electrons. The second kappa shape index (κ2) is 7.04. The van der Waals surface area contributed by atoms with Crippen molar-refractivity contribution in [1.82, 2.24) is 0 Å². The fourth-order valence-electron chi connectivity index (χ4n) is 1.59. The number of non-ortho nitro benzene ring substituents is 1. The third-order valence-corrected chi connectivity index (χ3v) is 2.88. The number of hydrogen-bond acceptors (Lipinski definition) is 8. The lowest BCUT2D eigenvalue weighted by Crippen LogP contribution is -2.50. The third-order valence-electron chi connectivity index (χ3n) is 2.88. The minimum Gasteiger partial charge on any atom is -0.479 e. The molecule has 10 nitrogen and oxygen atoms in total. The summed E-state index contributed by atoms with van der Waals surface area (Å²) >= 11 is 0. The van der Waals surface area contributed by atoms with E-state index in [1.165, 1.54) is 0 Å². The summed E-state index contributed by atoms with van der Waals surface area (Å²) in [5.41, 5.74) is -0.498. The summed E-state index contributed by atoms with van der Waals surface area (Å²) in [6, 6.07) is 4.04. The minimum absolute atomic E-state index is 0.200. The Hall–Kier alpha value is -2.40. The van der Waals surface area contributed by atoms with Crippen molar-refractivity contribution in [2.45, 2.75) is 24.4 Å². The van der Waals surface area contributed by atoms with E-state index >= 15 is 0 Å². The van der Waals surface area contributed by atoms with Crippen LogP contribution in [-0.2, 0) is 4.79 Å². The first-order chi connectivity index (χ1) is 10.2. The van der Waals surface area contributed by atoms with Crippen molar-refractivity contribution in [2.75, 3.05) is 0 Å². The van der Waals surface area contributed by atoms with Crippen molar-refractivity contribution >= 4 is 17.4 Å². The molecule has 0 radical (unpaired) electrons. The summed E-state index contributed by atoms with van der Waals surface area (Å²) in [4.78, 5) is 32.1. The third kappa shape index (κ3) is 3.83.